The van der Waals surface area contributed by atoms with Gasteiger partial charge in [0.05, 0.1) is 12.8 Å². The maximum atomic E-state index is 11.5. The monoisotopic (exact) mass is 286 g/mol. The molecule has 1 aliphatic heterocycles. The van der Waals surface area contributed by atoms with E-state index in [1.54, 1.807) is 12.2 Å². The minimum atomic E-state index is -0.272. The molecule has 0 fully saturated rings. The molecule has 4 nitrogen and oxygen atoms in total. The highest BCUT2D eigenvalue weighted by Gasteiger charge is 2.13. The van der Waals surface area contributed by atoms with Crippen LogP contribution in [-0.2, 0) is 25.7 Å². The third-order valence-corrected chi connectivity index (χ3v) is 2.98. The summed E-state index contributed by atoms with van der Waals surface area (Å²) in [5.41, 5.74) is 0.967. The van der Waals surface area contributed by atoms with Crippen molar-refractivity contribution < 1.29 is 19.1 Å². The van der Waals surface area contributed by atoms with Gasteiger partial charge in [-0.05, 0) is 11.6 Å². The average molecular weight is 286 g/mol. The Bertz CT molecular complexity index is 531. The molecule has 0 aliphatic carbocycles. The third kappa shape index (κ3) is 5.65. The number of ether oxygens (including phenoxy) is 2. The molecular weight excluding hydrogens is 268 g/mol. The number of esters is 2. The Kier molecular flexibility index (Phi) is 5.76. The number of rotatable bonds is 6. The van der Waals surface area contributed by atoms with Crippen molar-refractivity contribution >= 4 is 11.9 Å². The van der Waals surface area contributed by atoms with Crippen LogP contribution in [0.15, 0.2) is 54.6 Å². The summed E-state index contributed by atoms with van der Waals surface area (Å²) >= 11 is 0. The fraction of sp³-hybridized carbons (Fsp3) is 0.294. The van der Waals surface area contributed by atoms with Gasteiger partial charge in [-0.2, -0.15) is 0 Å². The predicted molar refractivity (Wildman–Crippen MR) is 78.2 cm³/mol. The van der Waals surface area contributed by atoms with Crippen molar-refractivity contribution in [2.24, 2.45) is 0 Å². The first-order valence-corrected chi connectivity index (χ1v) is 6.95. The summed E-state index contributed by atoms with van der Waals surface area (Å²) in [6, 6.07) is 9.55. The minimum absolute atomic E-state index is 0.210. The van der Waals surface area contributed by atoms with Crippen LogP contribution in [0.3, 0.4) is 0 Å². The molecular formula is C17H18O4. The fourth-order valence-corrected chi connectivity index (χ4v) is 1.91. The maximum absolute atomic E-state index is 11.5. The first kappa shape index (κ1) is 15.0. The summed E-state index contributed by atoms with van der Waals surface area (Å²) in [5.74, 6) is -0.482. The van der Waals surface area contributed by atoms with Gasteiger partial charge in [0, 0.05) is 6.42 Å². The summed E-state index contributed by atoms with van der Waals surface area (Å²) in [6.45, 7) is 0.288. The third-order valence-electron chi connectivity index (χ3n) is 2.98. The van der Waals surface area contributed by atoms with E-state index in [-0.39, 0.29) is 31.1 Å². The Morgan fingerprint density at radius 3 is 2.86 bits per heavy atom. The first-order valence-electron chi connectivity index (χ1n) is 6.95. The number of hydrogen-bond donors (Lipinski definition) is 0. The molecule has 0 N–H and O–H groups in total. The zero-order valence-corrected chi connectivity index (χ0v) is 11.7. The summed E-state index contributed by atoms with van der Waals surface area (Å²) in [6.07, 6.45) is 8.15. The van der Waals surface area contributed by atoms with Gasteiger partial charge in [0.2, 0.25) is 0 Å². The van der Waals surface area contributed by atoms with Gasteiger partial charge >= 0.3 is 11.9 Å². The largest absolute Gasteiger partial charge is 0.461 e. The molecule has 2 rings (SSSR count). The van der Waals surface area contributed by atoms with Crippen molar-refractivity contribution in [1.29, 1.82) is 0 Å². The number of benzene rings is 1. The molecule has 1 aliphatic rings. The lowest BCUT2D eigenvalue weighted by atomic mass is 10.1. The fourth-order valence-electron chi connectivity index (χ4n) is 1.91. The highest BCUT2D eigenvalue weighted by molar-refractivity contribution is 5.72. The van der Waals surface area contributed by atoms with E-state index in [1.807, 2.05) is 42.5 Å². The van der Waals surface area contributed by atoms with E-state index >= 15 is 0 Å². The minimum Gasteiger partial charge on any atom is -0.461 e. The highest BCUT2D eigenvalue weighted by atomic mass is 16.5. The Hall–Kier alpha value is -2.36. The quantitative estimate of drug-likeness (QED) is 0.596. The molecule has 0 saturated heterocycles. The van der Waals surface area contributed by atoms with E-state index in [0.717, 1.165) is 5.56 Å². The lowest BCUT2D eigenvalue weighted by Crippen LogP contribution is -2.18. The van der Waals surface area contributed by atoms with Crippen LogP contribution in [-0.4, -0.2) is 18.0 Å². The lowest BCUT2D eigenvalue weighted by Gasteiger charge is -2.15. The molecule has 1 heterocycles. The SMILES string of the molecule is O=C(C/C=C/CC1C=CCC(=O)O1)OCc1ccccc1. The van der Waals surface area contributed by atoms with Crippen LogP contribution < -0.4 is 0 Å². The standard InChI is InChI=1S/C17H18O4/c18-16(20-13-14-7-2-1-3-8-14)11-5-4-9-15-10-6-12-17(19)21-15/h1-8,10,15H,9,11-13H2/b5-4+. The second-order valence-corrected chi connectivity index (χ2v) is 4.72. The number of carbonyl (C=O) groups is 2. The molecule has 0 radical (unpaired) electrons. The smallest absolute Gasteiger partial charge is 0.310 e. The Labute approximate surface area is 124 Å². The second kappa shape index (κ2) is 8.04. The van der Waals surface area contributed by atoms with Crippen LogP contribution in [0, 0.1) is 0 Å². The normalized spacial score (nSPS) is 17.7. The molecule has 110 valence electrons. The van der Waals surface area contributed by atoms with E-state index < -0.39 is 0 Å². The van der Waals surface area contributed by atoms with E-state index in [2.05, 4.69) is 0 Å². The van der Waals surface area contributed by atoms with Gasteiger partial charge in [0.15, 0.2) is 0 Å². The molecule has 4 heteroatoms. The summed E-state index contributed by atoms with van der Waals surface area (Å²) < 4.78 is 10.3. The average Bonchev–Trinajstić information content (AvgIpc) is 2.51. The zero-order valence-electron chi connectivity index (χ0n) is 11.7. The van der Waals surface area contributed by atoms with Crippen molar-refractivity contribution in [2.75, 3.05) is 0 Å². The Morgan fingerprint density at radius 2 is 2.10 bits per heavy atom. The van der Waals surface area contributed by atoms with Gasteiger partial charge in [-0.3, -0.25) is 9.59 Å². The molecule has 1 aromatic carbocycles. The van der Waals surface area contributed by atoms with E-state index in [1.165, 1.54) is 0 Å². The second-order valence-electron chi connectivity index (χ2n) is 4.72. The van der Waals surface area contributed by atoms with Gasteiger partial charge in [-0.1, -0.05) is 48.6 Å². The molecule has 1 atom stereocenters. The lowest BCUT2D eigenvalue weighted by molar-refractivity contribution is -0.147. The predicted octanol–water partition coefficient (Wildman–Crippen LogP) is 2.94. The van der Waals surface area contributed by atoms with Crippen molar-refractivity contribution in [3.05, 3.63) is 60.2 Å². The molecule has 21 heavy (non-hydrogen) atoms. The molecule has 0 aromatic heterocycles. The van der Waals surface area contributed by atoms with Crippen LogP contribution >= 0.6 is 0 Å². The van der Waals surface area contributed by atoms with E-state index in [9.17, 15) is 9.59 Å². The highest BCUT2D eigenvalue weighted by Crippen LogP contribution is 2.10. The first-order chi connectivity index (χ1) is 10.2. The van der Waals surface area contributed by atoms with Crippen LogP contribution in [0.4, 0.5) is 0 Å². The summed E-state index contributed by atoms with van der Waals surface area (Å²) in [5, 5.41) is 0. The molecule has 1 unspecified atom stereocenters. The van der Waals surface area contributed by atoms with Gasteiger partial charge in [0.25, 0.3) is 0 Å². The van der Waals surface area contributed by atoms with Gasteiger partial charge in [-0.15, -0.1) is 0 Å². The van der Waals surface area contributed by atoms with Crippen molar-refractivity contribution in [3.8, 4) is 0 Å². The zero-order chi connectivity index (χ0) is 14.9. The summed E-state index contributed by atoms with van der Waals surface area (Å²) in [4.78, 5) is 22.6. The van der Waals surface area contributed by atoms with Crippen LogP contribution in [0.2, 0.25) is 0 Å². The summed E-state index contributed by atoms with van der Waals surface area (Å²) in [7, 11) is 0. The van der Waals surface area contributed by atoms with Gasteiger partial charge in [-0.25, -0.2) is 0 Å². The Morgan fingerprint density at radius 1 is 1.29 bits per heavy atom. The van der Waals surface area contributed by atoms with Crippen molar-refractivity contribution in [1.82, 2.24) is 0 Å². The van der Waals surface area contributed by atoms with Crippen LogP contribution in [0.5, 0.6) is 0 Å². The topological polar surface area (TPSA) is 52.6 Å². The van der Waals surface area contributed by atoms with Gasteiger partial charge < -0.3 is 9.47 Å². The molecule has 0 saturated carbocycles. The van der Waals surface area contributed by atoms with Crippen molar-refractivity contribution in [2.45, 2.75) is 32.0 Å². The van der Waals surface area contributed by atoms with Crippen LogP contribution in [0.25, 0.3) is 0 Å². The molecule has 0 bridgehead atoms. The molecule has 0 amide bonds. The van der Waals surface area contributed by atoms with Gasteiger partial charge in [0.1, 0.15) is 12.7 Å². The maximum Gasteiger partial charge on any atom is 0.310 e. The number of cyclic esters (lactones) is 1. The number of carbonyl (C=O) groups excluding carboxylic acids is 2. The van der Waals surface area contributed by atoms with Crippen molar-refractivity contribution in [3.63, 3.8) is 0 Å². The molecule has 1 aromatic rings. The Balaban J connectivity index is 1.64. The number of hydrogen-bond acceptors (Lipinski definition) is 4. The van der Waals surface area contributed by atoms with E-state index in [0.29, 0.717) is 12.8 Å². The molecule has 0 spiro atoms. The van der Waals surface area contributed by atoms with Crippen LogP contribution in [0.1, 0.15) is 24.8 Å². The van der Waals surface area contributed by atoms with E-state index in [4.69, 9.17) is 9.47 Å².